The molecule has 0 aliphatic carbocycles. The predicted molar refractivity (Wildman–Crippen MR) is 119 cm³/mol. The Bertz CT molecular complexity index is 1130. The first kappa shape index (κ1) is 22.0. The lowest BCUT2D eigenvalue weighted by Gasteiger charge is -2.25. The van der Waals surface area contributed by atoms with Gasteiger partial charge in [0.05, 0.1) is 39.6 Å². The van der Waals surface area contributed by atoms with Gasteiger partial charge in [-0.15, -0.1) is 0 Å². The van der Waals surface area contributed by atoms with Crippen molar-refractivity contribution < 1.29 is 13.9 Å². The van der Waals surface area contributed by atoms with E-state index in [-0.39, 0.29) is 28.5 Å². The maximum Gasteiger partial charge on any atom is 0.166 e. The average Bonchev–Trinajstić information content (AvgIpc) is 3.32. The van der Waals surface area contributed by atoms with Crippen LogP contribution in [0.2, 0.25) is 15.3 Å². The van der Waals surface area contributed by atoms with Crippen molar-refractivity contribution in [2.75, 3.05) is 18.9 Å². The number of nitrogen functional groups attached to an aromatic ring is 1. The zero-order valence-corrected chi connectivity index (χ0v) is 18.1. The third-order valence-electron chi connectivity index (χ3n) is 5.17. The second-order valence-corrected chi connectivity index (χ2v) is 8.26. The number of anilines is 1. The monoisotopic (exact) mass is 456 g/mol. The Morgan fingerprint density at radius 3 is 2.81 bits per heavy atom. The molecule has 1 aliphatic heterocycles. The number of benzene rings is 1. The van der Waals surface area contributed by atoms with Gasteiger partial charge in [0.1, 0.15) is 11.9 Å². The number of aromatic nitrogens is 3. The van der Waals surface area contributed by atoms with E-state index in [1.807, 2.05) is 0 Å². The van der Waals surface area contributed by atoms with Gasteiger partial charge in [-0.3, -0.25) is 4.68 Å². The molecule has 1 aromatic carbocycles. The van der Waals surface area contributed by atoms with Crippen LogP contribution in [0.25, 0.3) is 11.1 Å². The largest absolute Gasteiger partial charge is 0.482 e. The van der Waals surface area contributed by atoms with Gasteiger partial charge < -0.3 is 15.2 Å². The van der Waals surface area contributed by atoms with Crippen LogP contribution >= 0.6 is 23.2 Å². The van der Waals surface area contributed by atoms with Crippen LogP contribution in [0.4, 0.5) is 10.2 Å². The number of rotatable bonds is 5. The number of ether oxygens (including phenoxy) is 2. The van der Waals surface area contributed by atoms with Crippen molar-refractivity contribution in [2.24, 2.45) is 0 Å². The molecule has 3 aromatic rings. The third kappa shape index (κ3) is 4.27. The Morgan fingerprint density at radius 1 is 1.32 bits per heavy atom. The summed E-state index contributed by atoms with van der Waals surface area (Å²) in [6, 6.07) is 4.04. The maximum atomic E-state index is 13.9. The molecule has 2 N–H and O–H groups in total. The maximum absolute atomic E-state index is 13.9. The molecular formula is C20H17B2Cl2FN4O2. The molecule has 0 amide bonds. The normalized spacial score (nSPS) is 18.8. The Morgan fingerprint density at radius 2 is 2.10 bits per heavy atom. The second-order valence-electron chi connectivity index (χ2n) is 7.48. The van der Waals surface area contributed by atoms with E-state index in [0.717, 1.165) is 5.56 Å². The minimum Gasteiger partial charge on any atom is -0.482 e. The molecule has 4 rings (SSSR count). The average molecular weight is 457 g/mol. The van der Waals surface area contributed by atoms with Gasteiger partial charge in [0.15, 0.2) is 11.6 Å². The number of hydrogen-bond donors (Lipinski definition) is 1. The second kappa shape index (κ2) is 8.37. The standard InChI is InChI=1S/C20H17B2Cl2FN4O2/c1-10(17-13(23)2-3-14(25)18(17)24)31-15-4-11(5-27-19(15)26)12-6-28-29(7-12)16-8-30-9-20(16,21)22/h2-7,10,16H,8-9H2,1H3,(H2,26,27). The van der Waals surface area contributed by atoms with E-state index in [1.54, 1.807) is 36.3 Å². The van der Waals surface area contributed by atoms with E-state index in [9.17, 15) is 4.39 Å². The van der Waals surface area contributed by atoms with E-state index in [1.165, 1.54) is 12.1 Å². The molecule has 6 nitrogen and oxygen atoms in total. The van der Waals surface area contributed by atoms with Crippen molar-refractivity contribution in [1.82, 2.24) is 14.8 Å². The summed E-state index contributed by atoms with van der Waals surface area (Å²) in [4.78, 5) is 4.20. The quantitative estimate of drug-likeness (QED) is 0.461. The number of hydrogen-bond acceptors (Lipinski definition) is 5. The van der Waals surface area contributed by atoms with Gasteiger partial charge in [0, 0.05) is 40.7 Å². The highest BCUT2D eigenvalue weighted by Crippen LogP contribution is 2.40. The summed E-state index contributed by atoms with van der Waals surface area (Å²) in [6.45, 7) is 2.31. The van der Waals surface area contributed by atoms with Crippen molar-refractivity contribution in [1.29, 1.82) is 0 Å². The van der Waals surface area contributed by atoms with Gasteiger partial charge >= 0.3 is 0 Å². The fourth-order valence-corrected chi connectivity index (χ4v) is 4.13. The lowest BCUT2D eigenvalue weighted by atomic mass is 9.52. The SMILES string of the molecule is [B]C1([B])COCC1n1cc(-c2cnc(N)c(OC(C)c3c(Cl)ccc(F)c3Cl)c2)cn1. The highest BCUT2D eigenvalue weighted by Gasteiger charge is 2.36. The van der Waals surface area contributed by atoms with Crippen LogP contribution in [0.5, 0.6) is 5.75 Å². The van der Waals surface area contributed by atoms with Gasteiger partial charge in [-0.1, -0.05) is 28.4 Å². The molecule has 3 heterocycles. The van der Waals surface area contributed by atoms with Crippen LogP contribution in [0.15, 0.2) is 36.8 Å². The summed E-state index contributed by atoms with van der Waals surface area (Å²) in [5.41, 5.74) is 7.78. The van der Waals surface area contributed by atoms with Crippen LogP contribution in [-0.2, 0) is 4.74 Å². The fraction of sp³-hybridized carbons (Fsp3) is 0.300. The zero-order chi connectivity index (χ0) is 22.3. The van der Waals surface area contributed by atoms with Crippen molar-refractivity contribution in [2.45, 2.75) is 24.3 Å². The Labute approximate surface area is 191 Å². The topological polar surface area (TPSA) is 75.2 Å². The molecule has 1 aliphatic rings. The van der Waals surface area contributed by atoms with Crippen LogP contribution < -0.4 is 10.5 Å². The van der Waals surface area contributed by atoms with Crippen molar-refractivity contribution >= 4 is 44.7 Å². The summed E-state index contributed by atoms with van der Waals surface area (Å²) < 4.78 is 26.9. The summed E-state index contributed by atoms with van der Waals surface area (Å²) >= 11 is 12.3. The smallest absolute Gasteiger partial charge is 0.166 e. The van der Waals surface area contributed by atoms with Crippen molar-refractivity contribution in [3.05, 3.63) is 58.2 Å². The van der Waals surface area contributed by atoms with E-state index in [0.29, 0.717) is 23.5 Å². The lowest BCUT2D eigenvalue weighted by Crippen LogP contribution is -2.26. The molecule has 11 heteroatoms. The summed E-state index contributed by atoms with van der Waals surface area (Å²) in [5.74, 6) is -0.125. The lowest BCUT2D eigenvalue weighted by molar-refractivity contribution is 0.183. The zero-order valence-electron chi connectivity index (χ0n) is 16.6. The first-order valence-corrected chi connectivity index (χ1v) is 10.2. The van der Waals surface area contributed by atoms with Crippen LogP contribution in [-0.4, -0.2) is 43.7 Å². The van der Waals surface area contributed by atoms with Gasteiger partial charge in [-0.05, 0) is 25.1 Å². The molecule has 0 saturated carbocycles. The number of nitrogens with two attached hydrogens (primary N) is 1. The van der Waals surface area contributed by atoms with E-state index < -0.39 is 17.1 Å². The molecular weight excluding hydrogens is 440 g/mol. The Kier molecular flexibility index (Phi) is 5.94. The highest BCUT2D eigenvalue weighted by atomic mass is 35.5. The van der Waals surface area contributed by atoms with E-state index in [2.05, 4.69) is 10.1 Å². The van der Waals surface area contributed by atoms with Gasteiger partial charge in [0.2, 0.25) is 0 Å². The summed E-state index contributed by atoms with van der Waals surface area (Å²) in [6.07, 6.45) is 4.38. The molecule has 1 saturated heterocycles. The molecule has 2 atom stereocenters. The van der Waals surface area contributed by atoms with Gasteiger partial charge in [-0.25, -0.2) is 9.37 Å². The van der Waals surface area contributed by atoms with E-state index in [4.69, 9.17) is 54.1 Å². The molecule has 0 spiro atoms. The van der Waals surface area contributed by atoms with Crippen LogP contribution in [0, 0.1) is 5.82 Å². The number of nitrogens with zero attached hydrogens (tertiary/aromatic N) is 3. The minimum absolute atomic E-state index is 0.102. The van der Waals surface area contributed by atoms with Crippen molar-refractivity contribution in [3.63, 3.8) is 0 Å². The Balaban J connectivity index is 1.61. The molecule has 0 bridgehead atoms. The molecule has 2 unspecified atom stereocenters. The highest BCUT2D eigenvalue weighted by molar-refractivity contribution is 6.40. The number of halogens is 3. The molecule has 1 fully saturated rings. The van der Waals surface area contributed by atoms with Crippen LogP contribution in [0.3, 0.4) is 0 Å². The predicted octanol–water partition coefficient (Wildman–Crippen LogP) is 4.14. The number of pyridine rings is 1. The van der Waals surface area contributed by atoms with Gasteiger partial charge in [0.25, 0.3) is 0 Å². The summed E-state index contributed by atoms with van der Waals surface area (Å²) in [7, 11) is 12.2. The van der Waals surface area contributed by atoms with Crippen LogP contribution in [0.1, 0.15) is 24.6 Å². The van der Waals surface area contributed by atoms with E-state index >= 15 is 0 Å². The first-order valence-electron chi connectivity index (χ1n) is 9.43. The molecule has 2 aromatic heterocycles. The van der Waals surface area contributed by atoms with Crippen molar-refractivity contribution in [3.8, 4) is 16.9 Å². The minimum atomic E-state index is -1.00. The molecule has 4 radical (unpaired) electrons. The summed E-state index contributed by atoms with van der Waals surface area (Å²) in [5, 5.41) is 3.54. The van der Waals surface area contributed by atoms with Gasteiger partial charge in [-0.2, -0.15) is 5.10 Å². The fourth-order valence-electron chi connectivity index (χ4n) is 3.45. The molecule has 156 valence electrons. The first-order chi connectivity index (χ1) is 14.7. The molecule has 31 heavy (non-hydrogen) atoms. The third-order valence-corrected chi connectivity index (χ3v) is 5.89. The Hall–Kier alpha value is -2.22.